The van der Waals surface area contributed by atoms with E-state index in [1.54, 1.807) is 19.2 Å². The number of hydrogen-bond acceptors (Lipinski definition) is 4. The zero-order valence-corrected chi connectivity index (χ0v) is 18.7. The van der Waals surface area contributed by atoms with Crippen LogP contribution >= 0.6 is 24.0 Å². The summed E-state index contributed by atoms with van der Waals surface area (Å²) in [6.45, 7) is 8.95. The van der Waals surface area contributed by atoms with Crippen molar-refractivity contribution in [3.8, 4) is 11.5 Å². The van der Waals surface area contributed by atoms with Crippen LogP contribution in [0.15, 0.2) is 23.2 Å². The van der Waals surface area contributed by atoms with E-state index < -0.39 is 0 Å². The number of aromatic hydroxyl groups is 1. The van der Waals surface area contributed by atoms with Crippen LogP contribution < -0.4 is 10.1 Å². The normalized spacial score (nSPS) is 17.7. The minimum Gasteiger partial charge on any atom is -0.504 e. The number of phenols is 1. The monoisotopic (exact) mass is 476 g/mol. The van der Waals surface area contributed by atoms with Crippen molar-refractivity contribution in [1.29, 1.82) is 0 Å². The molecule has 148 valence electrons. The lowest BCUT2D eigenvalue weighted by Gasteiger charge is -2.29. The number of nitrogens with one attached hydrogen (secondary N) is 1. The highest BCUT2D eigenvalue weighted by atomic mass is 127. The molecule has 2 N–H and O–H groups in total. The van der Waals surface area contributed by atoms with Crippen LogP contribution in [0.25, 0.3) is 0 Å². The summed E-state index contributed by atoms with van der Waals surface area (Å²) in [6, 6.07) is 6.02. The summed E-state index contributed by atoms with van der Waals surface area (Å²) in [6.07, 6.45) is 2.54. The standard InChI is InChI=1S/C19H32N4O2.HI/c1-5-20-19(22(3)14-16-8-7-11-23(16)6-2)21-13-15-9-10-18(25-4)17(24)12-15;/h9-10,12,16,24H,5-8,11,13-14H2,1-4H3,(H,20,21);1H. The van der Waals surface area contributed by atoms with Gasteiger partial charge in [-0.15, -0.1) is 24.0 Å². The van der Waals surface area contributed by atoms with Gasteiger partial charge in [-0.05, 0) is 50.6 Å². The van der Waals surface area contributed by atoms with E-state index >= 15 is 0 Å². The largest absolute Gasteiger partial charge is 0.504 e. The Balaban J connectivity index is 0.00000338. The first kappa shape index (κ1) is 22.8. The Morgan fingerprint density at radius 3 is 2.81 bits per heavy atom. The van der Waals surface area contributed by atoms with Gasteiger partial charge in [0.25, 0.3) is 0 Å². The molecule has 1 saturated heterocycles. The molecule has 1 aromatic rings. The van der Waals surface area contributed by atoms with E-state index in [2.05, 4.69) is 36.0 Å². The quantitative estimate of drug-likeness (QED) is 0.360. The molecule has 7 heteroatoms. The number of likely N-dealkylation sites (N-methyl/N-ethyl adjacent to an activating group) is 2. The Morgan fingerprint density at radius 1 is 1.42 bits per heavy atom. The first-order valence-corrected chi connectivity index (χ1v) is 9.18. The summed E-state index contributed by atoms with van der Waals surface area (Å²) in [7, 11) is 3.65. The Kier molecular flexibility index (Phi) is 10.1. The molecule has 0 radical (unpaired) electrons. The highest BCUT2D eigenvalue weighted by Gasteiger charge is 2.24. The summed E-state index contributed by atoms with van der Waals surface area (Å²) in [5.41, 5.74) is 0.957. The number of nitrogens with zero attached hydrogens (tertiary/aromatic N) is 3. The zero-order valence-electron chi connectivity index (χ0n) is 16.4. The highest BCUT2D eigenvalue weighted by Crippen LogP contribution is 2.26. The fraction of sp³-hybridized carbons (Fsp3) is 0.632. The average Bonchev–Trinajstić information content (AvgIpc) is 3.05. The van der Waals surface area contributed by atoms with Gasteiger partial charge in [0.15, 0.2) is 17.5 Å². The molecular weight excluding hydrogens is 443 g/mol. The third kappa shape index (κ3) is 6.19. The molecule has 0 bridgehead atoms. The molecule has 1 unspecified atom stereocenters. The maximum absolute atomic E-state index is 9.91. The lowest BCUT2D eigenvalue weighted by molar-refractivity contribution is 0.232. The van der Waals surface area contributed by atoms with Crippen molar-refractivity contribution in [3.05, 3.63) is 23.8 Å². The Morgan fingerprint density at radius 2 is 2.19 bits per heavy atom. The van der Waals surface area contributed by atoms with Crippen LogP contribution in [0.2, 0.25) is 0 Å². The second-order valence-electron chi connectivity index (χ2n) is 6.48. The van der Waals surface area contributed by atoms with Crippen molar-refractivity contribution in [2.45, 2.75) is 39.3 Å². The molecule has 1 aliphatic heterocycles. The third-order valence-corrected chi connectivity index (χ3v) is 4.74. The molecule has 0 aliphatic carbocycles. The van der Waals surface area contributed by atoms with E-state index in [4.69, 9.17) is 9.73 Å². The molecule has 0 saturated carbocycles. The molecule has 0 amide bonds. The number of rotatable bonds is 7. The second-order valence-corrected chi connectivity index (χ2v) is 6.48. The molecule has 26 heavy (non-hydrogen) atoms. The highest BCUT2D eigenvalue weighted by molar-refractivity contribution is 14.0. The number of halogens is 1. The van der Waals surface area contributed by atoms with Gasteiger partial charge in [-0.3, -0.25) is 4.90 Å². The SMILES string of the molecule is CCNC(=NCc1ccc(OC)c(O)c1)N(C)CC1CCCN1CC.I. The van der Waals surface area contributed by atoms with Crippen LogP contribution in [0.4, 0.5) is 0 Å². The van der Waals surface area contributed by atoms with Gasteiger partial charge in [0.2, 0.25) is 0 Å². The van der Waals surface area contributed by atoms with E-state index in [0.717, 1.165) is 31.2 Å². The Hall–Kier alpha value is -1.22. The number of phenolic OH excluding ortho intramolecular Hbond substituents is 1. The second kappa shape index (κ2) is 11.5. The molecular formula is C19H33IN4O2. The van der Waals surface area contributed by atoms with E-state index in [0.29, 0.717) is 18.3 Å². The fourth-order valence-corrected chi connectivity index (χ4v) is 3.39. The first-order valence-electron chi connectivity index (χ1n) is 9.18. The topological polar surface area (TPSA) is 60.3 Å². The van der Waals surface area contributed by atoms with Crippen molar-refractivity contribution in [2.75, 3.05) is 40.3 Å². The van der Waals surface area contributed by atoms with E-state index in [9.17, 15) is 5.11 Å². The van der Waals surface area contributed by atoms with Gasteiger partial charge in [-0.25, -0.2) is 4.99 Å². The number of ether oxygens (including phenoxy) is 1. The van der Waals surface area contributed by atoms with Gasteiger partial charge in [0.05, 0.1) is 13.7 Å². The van der Waals surface area contributed by atoms with Crippen molar-refractivity contribution in [3.63, 3.8) is 0 Å². The minimum absolute atomic E-state index is 0. The Bertz CT molecular complexity index is 583. The lowest BCUT2D eigenvalue weighted by atomic mass is 10.2. The molecule has 1 atom stereocenters. The van der Waals surface area contributed by atoms with E-state index in [-0.39, 0.29) is 29.7 Å². The predicted octanol–water partition coefficient (Wildman–Crippen LogP) is 2.90. The fourth-order valence-electron chi connectivity index (χ4n) is 3.39. The molecule has 1 aromatic carbocycles. The number of likely N-dealkylation sites (tertiary alicyclic amines) is 1. The molecule has 1 aliphatic rings. The maximum atomic E-state index is 9.91. The molecule has 2 rings (SSSR count). The van der Waals surface area contributed by atoms with Gasteiger partial charge in [-0.1, -0.05) is 13.0 Å². The van der Waals surface area contributed by atoms with E-state index in [1.165, 1.54) is 19.4 Å². The van der Waals surface area contributed by atoms with Crippen LogP contribution in [0.3, 0.4) is 0 Å². The number of methoxy groups -OCH3 is 1. The van der Waals surface area contributed by atoms with Crippen LogP contribution in [0.5, 0.6) is 11.5 Å². The summed E-state index contributed by atoms with van der Waals surface area (Å²) in [4.78, 5) is 9.49. The van der Waals surface area contributed by atoms with Crippen LogP contribution in [-0.4, -0.2) is 67.2 Å². The molecule has 0 spiro atoms. The third-order valence-electron chi connectivity index (χ3n) is 4.74. The van der Waals surface area contributed by atoms with Gasteiger partial charge >= 0.3 is 0 Å². The predicted molar refractivity (Wildman–Crippen MR) is 118 cm³/mol. The van der Waals surface area contributed by atoms with Gasteiger partial charge in [0, 0.05) is 26.2 Å². The molecule has 6 nitrogen and oxygen atoms in total. The summed E-state index contributed by atoms with van der Waals surface area (Å²) in [5, 5.41) is 13.3. The summed E-state index contributed by atoms with van der Waals surface area (Å²) >= 11 is 0. The van der Waals surface area contributed by atoms with Crippen molar-refractivity contribution >= 4 is 29.9 Å². The zero-order chi connectivity index (χ0) is 18.2. The number of benzene rings is 1. The minimum atomic E-state index is 0. The number of aliphatic imine (C=N–C) groups is 1. The molecule has 0 aromatic heterocycles. The summed E-state index contributed by atoms with van der Waals surface area (Å²) < 4.78 is 5.09. The van der Waals surface area contributed by atoms with Crippen molar-refractivity contribution in [2.24, 2.45) is 4.99 Å². The van der Waals surface area contributed by atoms with Gasteiger partial charge in [-0.2, -0.15) is 0 Å². The molecule has 1 fully saturated rings. The molecule has 1 heterocycles. The Labute approximate surface area is 174 Å². The number of guanidine groups is 1. The van der Waals surface area contributed by atoms with Crippen molar-refractivity contribution < 1.29 is 9.84 Å². The van der Waals surface area contributed by atoms with Crippen LogP contribution in [0.1, 0.15) is 32.3 Å². The smallest absolute Gasteiger partial charge is 0.194 e. The number of hydrogen-bond donors (Lipinski definition) is 2. The van der Waals surface area contributed by atoms with Crippen LogP contribution in [-0.2, 0) is 6.54 Å². The maximum Gasteiger partial charge on any atom is 0.194 e. The van der Waals surface area contributed by atoms with Gasteiger partial charge in [0.1, 0.15) is 0 Å². The van der Waals surface area contributed by atoms with Gasteiger partial charge < -0.3 is 20.1 Å². The summed E-state index contributed by atoms with van der Waals surface area (Å²) in [5.74, 6) is 1.54. The van der Waals surface area contributed by atoms with Crippen LogP contribution in [0, 0.1) is 0 Å². The lowest BCUT2D eigenvalue weighted by Crippen LogP contribution is -2.45. The first-order chi connectivity index (χ1) is 12.1. The van der Waals surface area contributed by atoms with Crippen molar-refractivity contribution in [1.82, 2.24) is 15.1 Å². The van der Waals surface area contributed by atoms with E-state index in [1.807, 2.05) is 6.07 Å². The average molecular weight is 476 g/mol.